The highest BCUT2D eigenvalue weighted by Gasteiger charge is 2.45. The zero-order valence-electron chi connectivity index (χ0n) is 17.5. The first kappa shape index (κ1) is 20.7. The van der Waals surface area contributed by atoms with E-state index in [2.05, 4.69) is 37.5 Å². The molecule has 2 aliphatic rings. The summed E-state index contributed by atoms with van der Waals surface area (Å²) in [5, 5.41) is 0. The maximum Gasteiger partial charge on any atom is 0.118 e. The summed E-state index contributed by atoms with van der Waals surface area (Å²) in [6.07, 6.45) is 21.1. The normalized spacial score (nSPS) is 24.2. The van der Waals surface area contributed by atoms with Gasteiger partial charge in [-0.25, -0.2) is 0 Å². The quantitative estimate of drug-likeness (QED) is 0.463. The van der Waals surface area contributed by atoms with Crippen molar-refractivity contribution in [3.8, 4) is 0 Å². The van der Waals surface area contributed by atoms with Gasteiger partial charge in [-0.2, -0.15) is 0 Å². The molecular weight excluding hydrogens is 322 g/mol. The predicted molar refractivity (Wildman–Crippen MR) is 115 cm³/mol. The molecule has 0 unspecified atom stereocenters. The van der Waals surface area contributed by atoms with E-state index in [1.54, 1.807) is 0 Å². The Bertz CT molecular complexity index is 317. The fourth-order valence-corrected chi connectivity index (χ4v) is 17.4. The van der Waals surface area contributed by atoms with Crippen molar-refractivity contribution >= 4 is 16.5 Å². The van der Waals surface area contributed by atoms with E-state index < -0.39 is 16.5 Å². The van der Waals surface area contributed by atoms with Crippen LogP contribution in [0.15, 0.2) is 0 Å². The largest absolute Gasteiger partial charge is 0.348 e. The van der Waals surface area contributed by atoms with Gasteiger partial charge in [0.25, 0.3) is 0 Å². The standard InChI is InChI=1S/C21H45NSi2/c1-22(23(2,3)20-16-12-8-6-9-13-17-20)24(4,5)21-18-14-10-7-11-15-19-21/h20-21H,6-19H2,1-5H3. The Morgan fingerprint density at radius 3 is 1.04 bits per heavy atom. The van der Waals surface area contributed by atoms with E-state index in [0.717, 1.165) is 11.1 Å². The number of hydrogen-bond donors (Lipinski definition) is 0. The number of rotatable bonds is 4. The Hall–Kier alpha value is 0.394. The molecular formula is C21H45NSi2. The second kappa shape index (κ2) is 9.36. The smallest absolute Gasteiger partial charge is 0.118 e. The van der Waals surface area contributed by atoms with Crippen molar-refractivity contribution in [1.29, 1.82) is 0 Å². The van der Waals surface area contributed by atoms with Crippen LogP contribution in [0.5, 0.6) is 0 Å². The fourth-order valence-electron chi connectivity index (χ4n) is 5.62. The van der Waals surface area contributed by atoms with Crippen LogP contribution in [-0.4, -0.2) is 27.7 Å². The van der Waals surface area contributed by atoms with Crippen LogP contribution in [0.1, 0.15) is 89.9 Å². The molecule has 142 valence electrons. The lowest BCUT2D eigenvalue weighted by Gasteiger charge is -2.52. The van der Waals surface area contributed by atoms with Crippen LogP contribution in [0.2, 0.25) is 37.3 Å². The molecule has 0 saturated heterocycles. The van der Waals surface area contributed by atoms with Gasteiger partial charge in [-0.15, -0.1) is 0 Å². The zero-order valence-corrected chi connectivity index (χ0v) is 19.5. The average Bonchev–Trinajstić information content (AvgIpc) is 2.44. The number of nitrogens with zero attached hydrogens (tertiary/aromatic N) is 1. The molecule has 0 radical (unpaired) electrons. The third-order valence-electron chi connectivity index (χ3n) is 7.94. The Kier molecular flexibility index (Phi) is 8.08. The fraction of sp³-hybridized carbons (Fsp3) is 1.00. The Balaban J connectivity index is 2.08. The van der Waals surface area contributed by atoms with Gasteiger partial charge in [0.05, 0.1) is 0 Å². The molecule has 0 aliphatic heterocycles. The first-order valence-corrected chi connectivity index (χ1v) is 17.2. The third kappa shape index (κ3) is 5.20. The summed E-state index contributed by atoms with van der Waals surface area (Å²) < 4.78 is 3.08. The molecule has 3 heteroatoms. The van der Waals surface area contributed by atoms with Gasteiger partial charge < -0.3 is 4.23 Å². The van der Waals surface area contributed by atoms with Gasteiger partial charge in [0.15, 0.2) is 0 Å². The van der Waals surface area contributed by atoms with Crippen LogP contribution in [0, 0.1) is 0 Å². The molecule has 0 bridgehead atoms. The summed E-state index contributed by atoms with van der Waals surface area (Å²) in [7, 11) is -0.0622. The van der Waals surface area contributed by atoms with Crippen LogP contribution in [0.25, 0.3) is 0 Å². The van der Waals surface area contributed by atoms with Gasteiger partial charge in [0.2, 0.25) is 0 Å². The Morgan fingerprint density at radius 2 is 0.750 bits per heavy atom. The molecule has 2 aliphatic carbocycles. The molecule has 2 fully saturated rings. The topological polar surface area (TPSA) is 3.24 Å². The molecule has 0 aromatic carbocycles. The average molecular weight is 368 g/mol. The van der Waals surface area contributed by atoms with Crippen molar-refractivity contribution in [3.05, 3.63) is 0 Å². The SMILES string of the molecule is CN([Si](C)(C)C1CCCCCCC1)[Si](C)(C)C1CCCCCCC1. The van der Waals surface area contributed by atoms with E-state index in [0.29, 0.717) is 0 Å². The van der Waals surface area contributed by atoms with E-state index in [-0.39, 0.29) is 0 Å². The summed E-state index contributed by atoms with van der Waals surface area (Å²) in [6, 6.07) is 0. The Labute approximate surface area is 155 Å². The van der Waals surface area contributed by atoms with E-state index in [1.165, 1.54) is 89.9 Å². The van der Waals surface area contributed by atoms with Crippen molar-refractivity contribution in [2.45, 2.75) is 127 Å². The van der Waals surface area contributed by atoms with Crippen LogP contribution in [0.3, 0.4) is 0 Å². The van der Waals surface area contributed by atoms with Gasteiger partial charge in [-0.1, -0.05) is 116 Å². The highest BCUT2D eigenvalue weighted by molar-refractivity contribution is 6.91. The summed E-state index contributed by atoms with van der Waals surface area (Å²) in [4.78, 5) is 0. The van der Waals surface area contributed by atoms with E-state index in [9.17, 15) is 0 Å². The minimum absolute atomic E-state index is 1.04. The first-order valence-electron chi connectivity index (χ1n) is 11.1. The van der Waals surface area contributed by atoms with Crippen molar-refractivity contribution in [2.24, 2.45) is 0 Å². The predicted octanol–water partition coefficient (Wildman–Crippen LogP) is 7.56. The molecule has 1 nitrogen and oxygen atoms in total. The van der Waals surface area contributed by atoms with Crippen LogP contribution >= 0.6 is 0 Å². The second-order valence-electron chi connectivity index (χ2n) is 9.95. The first-order chi connectivity index (χ1) is 11.4. The van der Waals surface area contributed by atoms with Crippen molar-refractivity contribution in [2.75, 3.05) is 7.05 Å². The molecule has 0 amide bonds. The molecule has 24 heavy (non-hydrogen) atoms. The summed E-state index contributed by atoms with van der Waals surface area (Å²) in [5.41, 5.74) is 2.09. The third-order valence-corrected chi connectivity index (χ3v) is 20.0. The van der Waals surface area contributed by atoms with Gasteiger partial charge in [0.1, 0.15) is 16.5 Å². The van der Waals surface area contributed by atoms with Crippen molar-refractivity contribution < 1.29 is 0 Å². The highest BCUT2D eigenvalue weighted by Crippen LogP contribution is 2.43. The summed E-state index contributed by atoms with van der Waals surface area (Å²) in [5.74, 6) is 0. The lowest BCUT2D eigenvalue weighted by molar-refractivity contribution is 0.466. The van der Waals surface area contributed by atoms with Gasteiger partial charge in [-0.3, -0.25) is 0 Å². The Morgan fingerprint density at radius 1 is 0.500 bits per heavy atom. The minimum Gasteiger partial charge on any atom is -0.348 e. The highest BCUT2D eigenvalue weighted by atomic mass is 28.4. The maximum absolute atomic E-state index is 3.08. The molecule has 2 rings (SSSR count). The summed E-state index contributed by atoms with van der Waals surface area (Å²) in [6.45, 7) is 10.9. The van der Waals surface area contributed by atoms with E-state index in [4.69, 9.17) is 0 Å². The van der Waals surface area contributed by atoms with Crippen molar-refractivity contribution in [1.82, 2.24) is 4.23 Å². The van der Waals surface area contributed by atoms with Crippen molar-refractivity contribution in [3.63, 3.8) is 0 Å². The lowest BCUT2D eigenvalue weighted by Crippen LogP contribution is -2.63. The van der Waals surface area contributed by atoms with E-state index >= 15 is 0 Å². The van der Waals surface area contributed by atoms with Gasteiger partial charge in [-0.05, 0) is 18.1 Å². The summed E-state index contributed by atoms with van der Waals surface area (Å²) >= 11 is 0. The van der Waals surface area contributed by atoms with Crippen LogP contribution in [0.4, 0.5) is 0 Å². The monoisotopic (exact) mass is 367 g/mol. The molecule has 0 aromatic rings. The molecule has 0 heterocycles. The minimum atomic E-state index is -1.31. The molecule has 0 atom stereocenters. The van der Waals surface area contributed by atoms with Crippen LogP contribution in [-0.2, 0) is 0 Å². The lowest BCUT2D eigenvalue weighted by atomic mass is 10.0. The molecule has 0 spiro atoms. The van der Waals surface area contributed by atoms with E-state index in [1.807, 2.05) is 0 Å². The van der Waals surface area contributed by atoms with Crippen LogP contribution < -0.4 is 0 Å². The maximum atomic E-state index is 3.08. The van der Waals surface area contributed by atoms with Gasteiger partial charge >= 0.3 is 0 Å². The van der Waals surface area contributed by atoms with Gasteiger partial charge in [0, 0.05) is 0 Å². The molecule has 0 N–H and O–H groups in total. The zero-order chi connectivity index (χ0) is 17.6. The molecule has 0 aromatic heterocycles. The number of hydrogen-bond acceptors (Lipinski definition) is 1. The molecule has 2 saturated carbocycles. The second-order valence-corrected chi connectivity index (χ2v) is 20.0.